The number of carboxylic acids is 1. The number of rotatable bonds is 3. The van der Waals surface area contributed by atoms with Crippen molar-refractivity contribution in [2.45, 2.75) is 18.5 Å². The second-order valence-electron chi connectivity index (χ2n) is 4.74. The summed E-state index contributed by atoms with van der Waals surface area (Å²) in [6, 6.07) is 8.58. The monoisotopic (exact) mass is 263 g/mol. The van der Waals surface area contributed by atoms with E-state index in [2.05, 4.69) is 0 Å². The van der Waals surface area contributed by atoms with E-state index in [0.717, 1.165) is 5.56 Å². The summed E-state index contributed by atoms with van der Waals surface area (Å²) in [5.41, 5.74) is 0.906. The number of ether oxygens (including phenoxy) is 1. The maximum Gasteiger partial charge on any atom is 0.323 e. The smallest absolute Gasteiger partial charge is 0.323 e. The summed E-state index contributed by atoms with van der Waals surface area (Å²) >= 11 is 0. The molecule has 1 N–H and O–H groups in total. The molecule has 3 atom stereocenters. The molecule has 2 rings (SSSR count). The fraction of sp³-hybridized carbons (Fsp3) is 0.429. The van der Waals surface area contributed by atoms with Crippen LogP contribution in [0.15, 0.2) is 30.3 Å². The van der Waals surface area contributed by atoms with Crippen molar-refractivity contribution in [1.29, 1.82) is 0 Å². The van der Waals surface area contributed by atoms with Gasteiger partial charge >= 0.3 is 11.9 Å². The van der Waals surface area contributed by atoms with Gasteiger partial charge in [0.15, 0.2) is 0 Å². The molecule has 0 saturated carbocycles. The number of methoxy groups -OCH3 is 1. The summed E-state index contributed by atoms with van der Waals surface area (Å²) in [5, 5.41) is 9.36. The van der Waals surface area contributed by atoms with Gasteiger partial charge in [-0.3, -0.25) is 14.5 Å². The highest BCUT2D eigenvalue weighted by atomic mass is 16.5. The summed E-state index contributed by atoms with van der Waals surface area (Å²) in [6.07, 6.45) is 0.276. The molecule has 5 heteroatoms. The maximum absolute atomic E-state index is 11.7. The number of benzene rings is 1. The number of esters is 1. The number of carbonyl (C=O) groups is 2. The van der Waals surface area contributed by atoms with Gasteiger partial charge in [-0.1, -0.05) is 30.3 Å². The molecule has 0 spiro atoms. The zero-order valence-corrected chi connectivity index (χ0v) is 10.9. The van der Waals surface area contributed by atoms with E-state index in [9.17, 15) is 14.7 Å². The van der Waals surface area contributed by atoms with Crippen molar-refractivity contribution in [2.75, 3.05) is 14.2 Å². The first kappa shape index (κ1) is 13.5. The van der Waals surface area contributed by atoms with Crippen molar-refractivity contribution in [3.8, 4) is 0 Å². The van der Waals surface area contributed by atoms with Crippen molar-refractivity contribution >= 4 is 11.9 Å². The molecule has 3 unspecified atom stereocenters. The fourth-order valence-corrected chi connectivity index (χ4v) is 2.77. The van der Waals surface area contributed by atoms with Crippen LogP contribution in [-0.4, -0.2) is 42.1 Å². The Hall–Kier alpha value is -1.88. The molecule has 1 aliphatic heterocycles. The van der Waals surface area contributed by atoms with Crippen LogP contribution in [0.1, 0.15) is 18.0 Å². The van der Waals surface area contributed by atoms with Gasteiger partial charge < -0.3 is 9.84 Å². The molecule has 0 aliphatic carbocycles. The molecule has 5 nitrogen and oxygen atoms in total. The quantitative estimate of drug-likeness (QED) is 0.833. The zero-order valence-electron chi connectivity index (χ0n) is 10.9. The van der Waals surface area contributed by atoms with E-state index in [0.29, 0.717) is 0 Å². The minimum atomic E-state index is -0.882. The molecule has 0 radical (unpaired) electrons. The first-order valence-corrected chi connectivity index (χ1v) is 6.13. The SMILES string of the molecule is COC(=O)C1CC(C(=O)O)C(c2ccccc2)N1C. The molecule has 1 aromatic rings. The molecule has 1 saturated heterocycles. The van der Waals surface area contributed by atoms with Gasteiger partial charge in [0.25, 0.3) is 0 Å². The molecule has 1 aliphatic rings. The van der Waals surface area contributed by atoms with E-state index in [1.807, 2.05) is 30.3 Å². The van der Waals surface area contributed by atoms with Crippen molar-refractivity contribution in [2.24, 2.45) is 5.92 Å². The highest BCUT2D eigenvalue weighted by Crippen LogP contribution is 2.40. The van der Waals surface area contributed by atoms with Crippen LogP contribution in [0.3, 0.4) is 0 Å². The molecular formula is C14H17NO4. The predicted molar refractivity (Wildman–Crippen MR) is 68.5 cm³/mol. The minimum Gasteiger partial charge on any atom is -0.481 e. The molecule has 0 amide bonds. The van der Waals surface area contributed by atoms with Crippen LogP contribution in [0, 0.1) is 5.92 Å². The van der Waals surface area contributed by atoms with Crippen LogP contribution in [0.5, 0.6) is 0 Å². The second kappa shape index (κ2) is 5.40. The zero-order chi connectivity index (χ0) is 14.0. The van der Waals surface area contributed by atoms with Crippen LogP contribution >= 0.6 is 0 Å². The lowest BCUT2D eigenvalue weighted by Crippen LogP contribution is -2.35. The number of nitrogens with zero attached hydrogens (tertiary/aromatic N) is 1. The Bertz CT molecular complexity index is 474. The van der Waals surface area contributed by atoms with Crippen molar-refractivity contribution in [3.63, 3.8) is 0 Å². The van der Waals surface area contributed by atoms with Crippen LogP contribution < -0.4 is 0 Å². The number of likely N-dealkylation sites (tertiary alicyclic amines) is 1. The van der Waals surface area contributed by atoms with Gasteiger partial charge in [0.05, 0.1) is 13.0 Å². The van der Waals surface area contributed by atoms with Crippen LogP contribution in [0.2, 0.25) is 0 Å². The molecule has 1 aromatic carbocycles. The largest absolute Gasteiger partial charge is 0.481 e. The number of likely N-dealkylation sites (N-methyl/N-ethyl adjacent to an activating group) is 1. The fourth-order valence-electron chi connectivity index (χ4n) is 2.77. The van der Waals surface area contributed by atoms with Crippen molar-refractivity contribution < 1.29 is 19.4 Å². The number of aliphatic carboxylic acids is 1. The highest BCUT2D eigenvalue weighted by molar-refractivity contribution is 5.79. The summed E-state index contributed by atoms with van der Waals surface area (Å²) in [5.74, 6) is -1.87. The summed E-state index contributed by atoms with van der Waals surface area (Å²) in [6.45, 7) is 0. The topological polar surface area (TPSA) is 66.8 Å². The van der Waals surface area contributed by atoms with Gasteiger partial charge in [0, 0.05) is 6.04 Å². The minimum absolute atomic E-state index is 0.276. The number of hydrogen-bond donors (Lipinski definition) is 1. The van der Waals surface area contributed by atoms with Crippen LogP contribution in [0.25, 0.3) is 0 Å². The van der Waals surface area contributed by atoms with Gasteiger partial charge in [0.1, 0.15) is 6.04 Å². The molecular weight excluding hydrogens is 246 g/mol. The third-order valence-corrected chi connectivity index (χ3v) is 3.72. The molecule has 1 fully saturated rings. The normalized spacial score (nSPS) is 27.2. The maximum atomic E-state index is 11.7. The molecule has 0 bridgehead atoms. The summed E-state index contributed by atoms with van der Waals surface area (Å²) in [4.78, 5) is 24.9. The predicted octanol–water partition coefficient (Wildman–Crippen LogP) is 1.31. The summed E-state index contributed by atoms with van der Waals surface area (Å²) in [7, 11) is 3.09. The van der Waals surface area contributed by atoms with Gasteiger partial charge in [-0.15, -0.1) is 0 Å². The number of hydrogen-bond acceptors (Lipinski definition) is 4. The summed E-state index contributed by atoms with van der Waals surface area (Å²) < 4.78 is 4.74. The average Bonchev–Trinajstić information content (AvgIpc) is 2.77. The Labute approximate surface area is 111 Å². The Morgan fingerprint density at radius 2 is 1.95 bits per heavy atom. The van der Waals surface area contributed by atoms with E-state index in [1.54, 1.807) is 11.9 Å². The number of carbonyl (C=O) groups excluding carboxylic acids is 1. The van der Waals surface area contributed by atoms with Crippen LogP contribution in [-0.2, 0) is 14.3 Å². The van der Waals surface area contributed by atoms with Gasteiger partial charge in [0.2, 0.25) is 0 Å². The Balaban J connectivity index is 2.34. The molecule has 1 heterocycles. The van der Waals surface area contributed by atoms with Crippen LogP contribution in [0.4, 0.5) is 0 Å². The Morgan fingerprint density at radius 3 is 2.47 bits per heavy atom. The van der Waals surface area contributed by atoms with Gasteiger partial charge in [-0.05, 0) is 19.0 Å². The molecule has 19 heavy (non-hydrogen) atoms. The van der Waals surface area contributed by atoms with Gasteiger partial charge in [-0.2, -0.15) is 0 Å². The first-order valence-electron chi connectivity index (χ1n) is 6.13. The Morgan fingerprint density at radius 1 is 1.32 bits per heavy atom. The average molecular weight is 263 g/mol. The van der Waals surface area contributed by atoms with E-state index in [1.165, 1.54) is 7.11 Å². The third-order valence-electron chi connectivity index (χ3n) is 3.72. The lowest BCUT2D eigenvalue weighted by Gasteiger charge is -2.25. The molecule has 102 valence electrons. The lowest BCUT2D eigenvalue weighted by molar-refractivity contribution is -0.145. The first-order chi connectivity index (χ1) is 9.06. The van der Waals surface area contributed by atoms with Crippen molar-refractivity contribution in [1.82, 2.24) is 4.90 Å². The van der Waals surface area contributed by atoms with E-state index >= 15 is 0 Å². The van der Waals surface area contributed by atoms with E-state index in [4.69, 9.17) is 4.74 Å². The van der Waals surface area contributed by atoms with E-state index < -0.39 is 17.9 Å². The second-order valence-corrected chi connectivity index (χ2v) is 4.74. The van der Waals surface area contributed by atoms with E-state index in [-0.39, 0.29) is 18.4 Å². The van der Waals surface area contributed by atoms with Gasteiger partial charge in [-0.25, -0.2) is 0 Å². The Kier molecular flexibility index (Phi) is 3.85. The number of carboxylic acid groups (broad SMARTS) is 1. The highest BCUT2D eigenvalue weighted by Gasteiger charge is 2.46. The lowest BCUT2D eigenvalue weighted by atomic mass is 9.93. The standard InChI is InChI=1S/C14H17NO4/c1-15-11(14(18)19-2)8-10(13(16)17)12(15)9-6-4-3-5-7-9/h3-7,10-12H,8H2,1-2H3,(H,16,17). The molecule has 0 aromatic heterocycles. The third kappa shape index (κ3) is 2.46. The van der Waals surface area contributed by atoms with Crippen molar-refractivity contribution in [3.05, 3.63) is 35.9 Å².